The fraction of sp³-hybridized carbons (Fsp3) is 0.333. The van der Waals surface area contributed by atoms with Gasteiger partial charge in [-0.15, -0.1) is 0 Å². The molecular weight excluding hydrogens is 225 g/mol. The van der Waals surface area contributed by atoms with Crippen LogP contribution in [0.3, 0.4) is 0 Å². The largest absolute Gasteiger partial charge is 0.481 e. The second-order valence-electron chi connectivity index (χ2n) is 3.06. The second-order valence-corrected chi connectivity index (χ2v) is 3.06. The monoisotopic (exact) mass is 234 g/mol. The first kappa shape index (κ1) is 12.4. The number of halogens is 3. The zero-order chi connectivity index (χ0) is 12.3. The van der Waals surface area contributed by atoms with Gasteiger partial charge in [0.1, 0.15) is 5.69 Å². The minimum Gasteiger partial charge on any atom is -0.481 e. The summed E-state index contributed by atoms with van der Waals surface area (Å²) >= 11 is 0. The summed E-state index contributed by atoms with van der Waals surface area (Å²) in [6.45, 7) is -0.250. The van der Waals surface area contributed by atoms with Crippen molar-refractivity contribution in [3.05, 3.63) is 28.8 Å². The number of carbonyl (C=O) groups is 1. The minimum atomic E-state index is -2.94. The number of carboxylic acids is 1. The van der Waals surface area contributed by atoms with E-state index in [4.69, 9.17) is 10.8 Å². The maximum absolute atomic E-state index is 13.1. The summed E-state index contributed by atoms with van der Waals surface area (Å²) in [4.78, 5) is 13.4. The molecule has 0 saturated heterocycles. The van der Waals surface area contributed by atoms with Crippen LogP contribution >= 0.6 is 0 Å². The van der Waals surface area contributed by atoms with Gasteiger partial charge >= 0.3 is 5.97 Å². The molecule has 0 aliphatic rings. The highest BCUT2D eigenvalue weighted by atomic mass is 19.3. The number of nitrogens with two attached hydrogens (primary N) is 1. The first-order chi connectivity index (χ1) is 7.45. The van der Waals surface area contributed by atoms with Gasteiger partial charge in [-0.3, -0.25) is 4.79 Å². The SMILES string of the molecule is NCc1cc(CC(=O)O)c(F)nc1C(F)F. The van der Waals surface area contributed by atoms with Gasteiger partial charge in [0.15, 0.2) is 0 Å². The molecule has 3 N–H and O–H groups in total. The quantitative estimate of drug-likeness (QED) is 0.768. The van der Waals surface area contributed by atoms with Crippen molar-refractivity contribution in [1.29, 1.82) is 0 Å². The average molecular weight is 234 g/mol. The van der Waals surface area contributed by atoms with Crippen molar-refractivity contribution >= 4 is 5.97 Å². The lowest BCUT2D eigenvalue weighted by Crippen LogP contribution is -2.11. The molecule has 0 unspecified atom stereocenters. The predicted octanol–water partition coefficient (Wildman–Crippen LogP) is 1.24. The van der Waals surface area contributed by atoms with E-state index in [1.54, 1.807) is 0 Å². The Balaban J connectivity index is 3.20. The summed E-state index contributed by atoms with van der Waals surface area (Å²) < 4.78 is 37.9. The summed E-state index contributed by atoms with van der Waals surface area (Å²) in [6, 6.07) is 1.01. The molecule has 0 aliphatic carbocycles. The molecule has 1 heterocycles. The van der Waals surface area contributed by atoms with E-state index in [2.05, 4.69) is 4.98 Å². The highest BCUT2D eigenvalue weighted by Gasteiger charge is 2.19. The van der Waals surface area contributed by atoms with Crippen LogP contribution in [-0.2, 0) is 17.8 Å². The molecule has 16 heavy (non-hydrogen) atoms. The number of nitrogens with zero attached hydrogens (tertiary/aromatic N) is 1. The number of hydrogen-bond donors (Lipinski definition) is 2. The summed E-state index contributed by atoms with van der Waals surface area (Å²) in [5.41, 5.74) is 4.15. The Hall–Kier alpha value is -1.63. The summed E-state index contributed by atoms with van der Waals surface area (Å²) in [7, 11) is 0. The van der Waals surface area contributed by atoms with E-state index >= 15 is 0 Å². The van der Waals surface area contributed by atoms with Crippen LogP contribution in [0.15, 0.2) is 6.07 Å². The minimum absolute atomic E-state index is 0.0485. The molecule has 7 heteroatoms. The van der Waals surface area contributed by atoms with Crippen LogP contribution in [0.5, 0.6) is 0 Å². The number of pyridine rings is 1. The lowest BCUT2D eigenvalue weighted by molar-refractivity contribution is -0.136. The van der Waals surface area contributed by atoms with E-state index in [9.17, 15) is 18.0 Å². The van der Waals surface area contributed by atoms with Gasteiger partial charge in [-0.2, -0.15) is 4.39 Å². The molecule has 0 bridgehead atoms. The lowest BCUT2D eigenvalue weighted by atomic mass is 10.1. The van der Waals surface area contributed by atoms with Crippen LogP contribution in [-0.4, -0.2) is 16.1 Å². The van der Waals surface area contributed by atoms with Gasteiger partial charge in [-0.25, -0.2) is 13.8 Å². The van der Waals surface area contributed by atoms with Crippen LogP contribution < -0.4 is 5.73 Å². The molecule has 1 aromatic rings. The third-order valence-corrected chi connectivity index (χ3v) is 1.93. The fourth-order valence-corrected chi connectivity index (χ4v) is 1.23. The third kappa shape index (κ3) is 2.69. The van der Waals surface area contributed by atoms with Gasteiger partial charge in [0.2, 0.25) is 5.95 Å². The van der Waals surface area contributed by atoms with E-state index in [-0.39, 0.29) is 17.7 Å². The van der Waals surface area contributed by atoms with Gasteiger partial charge in [0.05, 0.1) is 6.42 Å². The van der Waals surface area contributed by atoms with Crippen LogP contribution in [0.25, 0.3) is 0 Å². The number of carboxylic acid groups (broad SMARTS) is 1. The van der Waals surface area contributed by atoms with Gasteiger partial charge in [0, 0.05) is 12.1 Å². The van der Waals surface area contributed by atoms with Crippen molar-refractivity contribution in [3.63, 3.8) is 0 Å². The maximum Gasteiger partial charge on any atom is 0.307 e. The van der Waals surface area contributed by atoms with Crippen molar-refractivity contribution in [2.24, 2.45) is 5.73 Å². The van der Waals surface area contributed by atoms with Crippen molar-refractivity contribution < 1.29 is 23.1 Å². The third-order valence-electron chi connectivity index (χ3n) is 1.93. The number of aromatic nitrogens is 1. The Labute approximate surface area is 88.9 Å². The smallest absolute Gasteiger partial charge is 0.307 e. The summed E-state index contributed by atoms with van der Waals surface area (Å²) in [5.74, 6) is -2.47. The Bertz CT molecular complexity index is 410. The molecule has 0 saturated carbocycles. The molecule has 0 spiro atoms. The highest BCUT2D eigenvalue weighted by Crippen LogP contribution is 2.22. The molecule has 0 aliphatic heterocycles. The van der Waals surface area contributed by atoms with E-state index in [1.807, 2.05) is 0 Å². The normalized spacial score (nSPS) is 10.8. The molecule has 0 fully saturated rings. The van der Waals surface area contributed by atoms with E-state index in [1.165, 1.54) is 0 Å². The fourth-order valence-electron chi connectivity index (χ4n) is 1.23. The Morgan fingerprint density at radius 1 is 1.50 bits per heavy atom. The van der Waals surface area contributed by atoms with Crippen molar-refractivity contribution in [1.82, 2.24) is 4.98 Å². The molecule has 0 radical (unpaired) electrons. The number of aliphatic carboxylic acids is 1. The van der Waals surface area contributed by atoms with Crippen LogP contribution in [0, 0.1) is 5.95 Å². The predicted molar refractivity (Wildman–Crippen MR) is 48.4 cm³/mol. The molecule has 88 valence electrons. The number of alkyl halides is 2. The standard InChI is InChI=1S/C9H9F3N2O2/c10-8(11)7-5(3-13)1-4(2-6(15)16)9(12)14-7/h1,8H,2-3,13H2,(H,15,16). The molecular formula is C9H9F3N2O2. The zero-order valence-electron chi connectivity index (χ0n) is 8.08. The zero-order valence-corrected chi connectivity index (χ0v) is 8.08. The van der Waals surface area contributed by atoms with Crippen LogP contribution in [0.2, 0.25) is 0 Å². The molecule has 1 aromatic heterocycles. The highest BCUT2D eigenvalue weighted by molar-refractivity contribution is 5.70. The summed E-state index contributed by atoms with van der Waals surface area (Å²) in [5, 5.41) is 8.46. The topological polar surface area (TPSA) is 76.2 Å². The van der Waals surface area contributed by atoms with Crippen molar-refractivity contribution in [2.45, 2.75) is 19.4 Å². The second kappa shape index (κ2) is 4.93. The Kier molecular flexibility index (Phi) is 3.83. The van der Waals surface area contributed by atoms with Gasteiger partial charge in [-0.05, 0) is 11.6 Å². The van der Waals surface area contributed by atoms with E-state index in [0.29, 0.717) is 0 Å². The van der Waals surface area contributed by atoms with E-state index in [0.717, 1.165) is 6.07 Å². The Morgan fingerprint density at radius 3 is 2.56 bits per heavy atom. The van der Waals surface area contributed by atoms with Crippen LogP contribution in [0.4, 0.5) is 13.2 Å². The van der Waals surface area contributed by atoms with Crippen LogP contribution in [0.1, 0.15) is 23.2 Å². The Morgan fingerprint density at radius 2 is 2.12 bits per heavy atom. The first-order valence-electron chi connectivity index (χ1n) is 4.34. The molecule has 0 atom stereocenters. The molecule has 0 amide bonds. The summed E-state index contributed by atoms with van der Waals surface area (Å²) in [6.07, 6.45) is -3.55. The van der Waals surface area contributed by atoms with Gasteiger partial charge in [0.25, 0.3) is 6.43 Å². The van der Waals surface area contributed by atoms with Crippen molar-refractivity contribution in [3.8, 4) is 0 Å². The molecule has 0 aromatic carbocycles. The van der Waals surface area contributed by atoms with E-state index < -0.39 is 30.5 Å². The number of rotatable bonds is 4. The first-order valence-corrected chi connectivity index (χ1v) is 4.34. The lowest BCUT2D eigenvalue weighted by Gasteiger charge is -2.08. The average Bonchev–Trinajstić information content (AvgIpc) is 2.19. The van der Waals surface area contributed by atoms with Gasteiger partial charge < -0.3 is 10.8 Å². The number of hydrogen-bond acceptors (Lipinski definition) is 3. The molecule has 4 nitrogen and oxygen atoms in total. The maximum atomic E-state index is 13.1. The van der Waals surface area contributed by atoms with Gasteiger partial charge in [-0.1, -0.05) is 0 Å². The van der Waals surface area contributed by atoms with Crippen molar-refractivity contribution in [2.75, 3.05) is 0 Å². The molecule has 1 rings (SSSR count).